The zero-order valence-corrected chi connectivity index (χ0v) is 11.3. The van der Waals surface area contributed by atoms with Crippen LogP contribution in [0.25, 0.3) is 0 Å². The predicted octanol–water partition coefficient (Wildman–Crippen LogP) is 2.09. The number of halogens is 1. The van der Waals surface area contributed by atoms with Crippen molar-refractivity contribution in [3.8, 4) is 0 Å². The Labute approximate surface area is 105 Å². The van der Waals surface area contributed by atoms with E-state index in [4.69, 9.17) is 5.73 Å². The molecule has 0 aromatic heterocycles. The first-order valence-electron chi connectivity index (χ1n) is 6.12. The summed E-state index contributed by atoms with van der Waals surface area (Å²) < 4.78 is 0. The lowest BCUT2D eigenvalue weighted by atomic mass is 9.78. The Morgan fingerprint density at radius 1 is 1.44 bits per heavy atom. The molecule has 3 N–H and O–H groups in total. The third-order valence-corrected chi connectivity index (χ3v) is 3.81. The number of hydrogen-bond acceptors (Lipinski definition) is 2. The van der Waals surface area contributed by atoms with Gasteiger partial charge in [-0.05, 0) is 24.7 Å². The van der Waals surface area contributed by atoms with Crippen molar-refractivity contribution < 1.29 is 4.79 Å². The summed E-state index contributed by atoms with van der Waals surface area (Å²) >= 11 is 0. The van der Waals surface area contributed by atoms with Gasteiger partial charge in [0.15, 0.2) is 0 Å². The highest BCUT2D eigenvalue weighted by molar-refractivity contribution is 5.85. The van der Waals surface area contributed by atoms with Crippen LogP contribution in [0.4, 0.5) is 0 Å². The zero-order valence-electron chi connectivity index (χ0n) is 10.5. The fourth-order valence-corrected chi connectivity index (χ4v) is 2.26. The molecule has 96 valence electrons. The lowest BCUT2D eigenvalue weighted by molar-refractivity contribution is -0.123. The first-order valence-corrected chi connectivity index (χ1v) is 6.12. The fourth-order valence-electron chi connectivity index (χ4n) is 2.26. The van der Waals surface area contributed by atoms with Crippen LogP contribution in [0.15, 0.2) is 0 Å². The van der Waals surface area contributed by atoms with E-state index in [2.05, 4.69) is 19.2 Å². The molecular formula is C12H25ClN2O. The van der Waals surface area contributed by atoms with E-state index < -0.39 is 0 Å². The van der Waals surface area contributed by atoms with Gasteiger partial charge in [0, 0.05) is 6.04 Å². The second-order valence-electron chi connectivity index (χ2n) is 4.90. The van der Waals surface area contributed by atoms with E-state index in [0.717, 1.165) is 6.42 Å². The molecule has 1 aliphatic carbocycles. The van der Waals surface area contributed by atoms with Crippen molar-refractivity contribution in [1.82, 2.24) is 5.32 Å². The molecule has 4 atom stereocenters. The summed E-state index contributed by atoms with van der Waals surface area (Å²) in [4.78, 5) is 11.7. The number of amides is 1. The van der Waals surface area contributed by atoms with Crippen molar-refractivity contribution in [2.24, 2.45) is 17.6 Å². The molecule has 0 heterocycles. The van der Waals surface area contributed by atoms with Crippen molar-refractivity contribution in [2.45, 2.75) is 58.5 Å². The van der Waals surface area contributed by atoms with Crippen molar-refractivity contribution in [1.29, 1.82) is 0 Å². The Kier molecular flexibility index (Phi) is 7.00. The van der Waals surface area contributed by atoms with Crippen LogP contribution in [-0.4, -0.2) is 18.0 Å². The molecule has 0 aromatic carbocycles. The highest BCUT2D eigenvalue weighted by Gasteiger charge is 2.28. The summed E-state index contributed by atoms with van der Waals surface area (Å²) in [6.45, 7) is 6.44. The van der Waals surface area contributed by atoms with Crippen LogP contribution in [-0.2, 0) is 4.79 Å². The van der Waals surface area contributed by atoms with E-state index in [9.17, 15) is 4.79 Å². The second-order valence-corrected chi connectivity index (χ2v) is 4.90. The number of nitrogens with one attached hydrogen (secondary N) is 1. The SMILES string of the molecule is CC[C@H](N)C(=O)NC1CCCC(C)C1C.Cl. The number of carbonyl (C=O) groups excluding carboxylic acids is 1. The highest BCUT2D eigenvalue weighted by Crippen LogP contribution is 2.29. The van der Waals surface area contributed by atoms with Crippen molar-refractivity contribution in [2.75, 3.05) is 0 Å². The topological polar surface area (TPSA) is 55.1 Å². The van der Waals surface area contributed by atoms with Crippen molar-refractivity contribution >= 4 is 18.3 Å². The third kappa shape index (κ3) is 3.95. The van der Waals surface area contributed by atoms with Crippen LogP contribution in [0.5, 0.6) is 0 Å². The Hall–Kier alpha value is -0.280. The molecule has 0 bridgehead atoms. The van der Waals surface area contributed by atoms with Crippen LogP contribution < -0.4 is 11.1 Å². The number of nitrogens with two attached hydrogens (primary N) is 1. The monoisotopic (exact) mass is 248 g/mol. The van der Waals surface area contributed by atoms with Crippen molar-refractivity contribution in [3.05, 3.63) is 0 Å². The molecule has 3 nitrogen and oxygen atoms in total. The van der Waals surface area contributed by atoms with Crippen LogP contribution in [0.2, 0.25) is 0 Å². The molecule has 1 saturated carbocycles. The van der Waals surface area contributed by atoms with Gasteiger partial charge in [0.25, 0.3) is 0 Å². The minimum atomic E-state index is -0.338. The minimum absolute atomic E-state index is 0. The summed E-state index contributed by atoms with van der Waals surface area (Å²) in [6, 6.07) is -0.00622. The summed E-state index contributed by atoms with van der Waals surface area (Å²) in [6.07, 6.45) is 4.32. The lowest BCUT2D eigenvalue weighted by Gasteiger charge is -2.35. The van der Waals surface area contributed by atoms with Gasteiger partial charge in [0.05, 0.1) is 6.04 Å². The van der Waals surface area contributed by atoms with E-state index in [1.54, 1.807) is 0 Å². The lowest BCUT2D eigenvalue weighted by Crippen LogP contribution is -2.49. The van der Waals surface area contributed by atoms with Gasteiger partial charge >= 0.3 is 0 Å². The Balaban J connectivity index is 0.00000225. The van der Waals surface area contributed by atoms with Crippen LogP contribution >= 0.6 is 12.4 Å². The van der Waals surface area contributed by atoms with Gasteiger partial charge < -0.3 is 11.1 Å². The maximum atomic E-state index is 11.7. The quantitative estimate of drug-likeness (QED) is 0.804. The van der Waals surface area contributed by atoms with Gasteiger partial charge in [-0.3, -0.25) is 4.79 Å². The van der Waals surface area contributed by atoms with E-state index in [1.165, 1.54) is 12.8 Å². The molecule has 1 rings (SSSR count). The standard InChI is InChI=1S/C12H24N2O.ClH/c1-4-10(13)12(15)14-11-7-5-6-8(2)9(11)3;/h8-11H,4-7,13H2,1-3H3,(H,14,15);1H/t8?,9?,10-,11?;/m0./s1. The van der Waals surface area contributed by atoms with E-state index in [0.29, 0.717) is 24.3 Å². The Bertz CT molecular complexity index is 223. The number of hydrogen-bond donors (Lipinski definition) is 2. The summed E-state index contributed by atoms with van der Waals surface area (Å²) in [5, 5.41) is 3.09. The van der Waals surface area contributed by atoms with E-state index >= 15 is 0 Å². The Morgan fingerprint density at radius 2 is 2.06 bits per heavy atom. The maximum Gasteiger partial charge on any atom is 0.237 e. The summed E-state index contributed by atoms with van der Waals surface area (Å²) in [5.74, 6) is 1.30. The first-order chi connectivity index (χ1) is 7.06. The summed E-state index contributed by atoms with van der Waals surface area (Å²) in [7, 11) is 0. The van der Waals surface area contributed by atoms with Crippen LogP contribution in [0.3, 0.4) is 0 Å². The molecule has 0 spiro atoms. The predicted molar refractivity (Wildman–Crippen MR) is 69.6 cm³/mol. The molecule has 0 aliphatic heterocycles. The van der Waals surface area contributed by atoms with Crippen LogP contribution in [0, 0.1) is 11.8 Å². The minimum Gasteiger partial charge on any atom is -0.352 e. The van der Waals surface area contributed by atoms with Gasteiger partial charge in [0.2, 0.25) is 5.91 Å². The van der Waals surface area contributed by atoms with E-state index in [1.807, 2.05) is 6.92 Å². The largest absolute Gasteiger partial charge is 0.352 e. The highest BCUT2D eigenvalue weighted by atomic mass is 35.5. The maximum absolute atomic E-state index is 11.7. The molecular weight excluding hydrogens is 224 g/mol. The summed E-state index contributed by atoms with van der Waals surface area (Å²) in [5.41, 5.74) is 5.70. The number of rotatable bonds is 3. The normalized spacial score (nSPS) is 31.4. The molecule has 16 heavy (non-hydrogen) atoms. The van der Waals surface area contributed by atoms with Crippen LogP contribution in [0.1, 0.15) is 46.5 Å². The average Bonchev–Trinajstić information content (AvgIpc) is 2.23. The molecule has 3 unspecified atom stereocenters. The smallest absolute Gasteiger partial charge is 0.237 e. The van der Waals surface area contributed by atoms with Gasteiger partial charge in [-0.1, -0.05) is 33.6 Å². The van der Waals surface area contributed by atoms with Gasteiger partial charge in [-0.25, -0.2) is 0 Å². The van der Waals surface area contributed by atoms with Crippen molar-refractivity contribution in [3.63, 3.8) is 0 Å². The fraction of sp³-hybridized carbons (Fsp3) is 0.917. The first kappa shape index (κ1) is 15.7. The van der Waals surface area contributed by atoms with Gasteiger partial charge in [-0.2, -0.15) is 0 Å². The van der Waals surface area contributed by atoms with Gasteiger partial charge in [0.1, 0.15) is 0 Å². The molecule has 1 aliphatic rings. The third-order valence-electron chi connectivity index (χ3n) is 3.81. The average molecular weight is 249 g/mol. The molecule has 0 aromatic rings. The van der Waals surface area contributed by atoms with Gasteiger partial charge in [-0.15, -0.1) is 12.4 Å². The Morgan fingerprint density at radius 3 is 2.62 bits per heavy atom. The molecule has 0 radical (unpaired) electrons. The second kappa shape index (κ2) is 7.13. The zero-order chi connectivity index (χ0) is 11.4. The molecule has 4 heteroatoms. The molecule has 0 saturated heterocycles. The number of carbonyl (C=O) groups is 1. The van der Waals surface area contributed by atoms with E-state index in [-0.39, 0.29) is 24.4 Å². The molecule has 1 amide bonds. The molecule has 1 fully saturated rings.